The molecule has 0 radical (unpaired) electrons. The zero-order valence-corrected chi connectivity index (χ0v) is 30.9. The van der Waals surface area contributed by atoms with Gasteiger partial charge in [-0.05, 0) is 78.4 Å². The van der Waals surface area contributed by atoms with Crippen molar-refractivity contribution in [2.45, 2.75) is 24.5 Å². The van der Waals surface area contributed by atoms with Crippen LogP contribution in [0.5, 0.6) is 0 Å². The quantitative estimate of drug-likeness (QED) is 0.0356. The molecule has 7 rings (SSSR count). The standard InChI is InChI=1S/C35H22N2O15S4/c38-32-24-7-2-1-6-23(24)29-31-27(15-14-26(30(31)32)36-25-13-8-18(35(40)41)16-28(25)54-52-50-43)37(19-9-11-21(12-10-19)56(46,47)48)34(39)33(29)55(44,45)22-5-3-4-20(17-22)53-51-49-42/h1-17,36,42-43H,(H,40,41)(H,46,47,48). The first-order chi connectivity index (χ1) is 26.8. The zero-order chi connectivity index (χ0) is 39.9. The van der Waals surface area contributed by atoms with Gasteiger partial charge in [0.25, 0.3) is 15.7 Å². The van der Waals surface area contributed by atoms with Gasteiger partial charge in [-0.1, -0.05) is 40.4 Å². The van der Waals surface area contributed by atoms with Crippen LogP contribution in [0.15, 0.2) is 132 Å². The molecule has 0 atom stereocenters. The van der Waals surface area contributed by atoms with Crippen molar-refractivity contribution in [1.29, 1.82) is 0 Å². The Morgan fingerprint density at radius 3 is 2.07 bits per heavy atom. The Labute approximate surface area is 323 Å². The number of aromatic nitrogens is 1. The van der Waals surface area contributed by atoms with Crippen molar-refractivity contribution < 1.29 is 65.3 Å². The van der Waals surface area contributed by atoms with Crippen LogP contribution in [0.25, 0.3) is 27.7 Å². The lowest BCUT2D eigenvalue weighted by atomic mass is 9.83. The molecule has 1 aromatic heterocycles. The predicted molar refractivity (Wildman–Crippen MR) is 198 cm³/mol. The van der Waals surface area contributed by atoms with Gasteiger partial charge in [0, 0.05) is 27.1 Å². The molecule has 0 aliphatic heterocycles. The summed E-state index contributed by atoms with van der Waals surface area (Å²) >= 11 is 0.907. The average molecular weight is 839 g/mol. The number of fused-ring (bicyclic) bond motifs is 2. The van der Waals surface area contributed by atoms with Gasteiger partial charge >= 0.3 is 5.97 Å². The summed E-state index contributed by atoms with van der Waals surface area (Å²) in [5.41, 5.74) is -1.13. The van der Waals surface area contributed by atoms with Gasteiger partial charge in [0.15, 0.2) is 5.78 Å². The lowest BCUT2D eigenvalue weighted by Crippen LogP contribution is -2.29. The third-order valence-electron chi connectivity index (χ3n) is 8.56. The van der Waals surface area contributed by atoms with E-state index in [2.05, 4.69) is 24.1 Å². The number of pyridine rings is 1. The number of hydrogen-bond donors (Lipinski definition) is 5. The molecule has 0 amide bonds. The van der Waals surface area contributed by atoms with Gasteiger partial charge in [-0.25, -0.2) is 23.7 Å². The van der Waals surface area contributed by atoms with E-state index in [1.807, 2.05) is 0 Å². The highest BCUT2D eigenvalue weighted by atomic mass is 32.2. The van der Waals surface area contributed by atoms with Crippen LogP contribution < -0.4 is 10.9 Å². The molecule has 5 aromatic carbocycles. The van der Waals surface area contributed by atoms with Crippen molar-refractivity contribution in [3.05, 3.63) is 130 Å². The molecule has 0 spiro atoms. The molecule has 0 fully saturated rings. The van der Waals surface area contributed by atoms with Crippen molar-refractivity contribution in [2.75, 3.05) is 5.32 Å². The molecule has 1 heterocycles. The fourth-order valence-electron chi connectivity index (χ4n) is 6.26. The third-order valence-corrected chi connectivity index (χ3v) is 12.4. The van der Waals surface area contributed by atoms with Gasteiger partial charge in [0.2, 0.25) is 9.84 Å². The highest BCUT2D eigenvalue weighted by Gasteiger charge is 2.37. The maximum absolute atomic E-state index is 14.9. The van der Waals surface area contributed by atoms with E-state index < -0.39 is 47.1 Å². The Kier molecular flexibility index (Phi) is 10.6. The Bertz CT molecular complexity index is 2880. The van der Waals surface area contributed by atoms with Crippen LogP contribution >= 0.6 is 24.1 Å². The molecule has 56 heavy (non-hydrogen) atoms. The molecule has 286 valence electrons. The lowest BCUT2D eigenvalue weighted by molar-refractivity contribution is -0.432. The number of benzene rings is 5. The van der Waals surface area contributed by atoms with Crippen LogP contribution in [0.2, 0.25) is 0 Å². The molecule has 6 aromatic rings. The summed E-state index contributed by atoms with van der Waals surface area (Å²) in [5.74, 6) is -1.88. The maximum atomic E-state index is 14.9. The van der Waals surface area contributed by atoms with E-state index in [9.17, 15) is 40.9 Å². The fraction of sp³-hybridized carbons (Fsp3) is 0. The number of carboxylic acid groups (broad SMARTS) is 1. The second kappa shape index (κ2) is 15.2. The van der Waals surface area contributed by atoms with Crippen molar-refractivity contribution >= 4 is 78.1 Å². The van der Waals surface area contributed by atoms with E-state index in [0.717, 1.165) is 22.8 Å². The van der Waals surface area contributed by atoms with Crippen molar-refractivity contribution in [3.63, 3.8) is 0 Å². The van der Waals surface area contributed by atoms with E-state index in [0.29, 0.717) is 24.1 Å². The number of aromatic carboxylic acids is 1. The molecule has 0 unspecified atom stereocenters. The number of carbonyl (C=O) groups is 2. The number of hydrogen-bond acceptors (Lipinski definition) is 16. The summed E-state index contributed by atoms with van der Waals surface area (Å²) in [7, 11) is -9.52. The van der Waals surface area contributed by atoms with E-state index in [-0.39, 0.29) is 70.5 Å². The van der Waals surface area contributed by atoms with Crippen molar-refractivity contribution in [1.82, 2.24) is 4.57 Å². The zero-order valence-electron chi connectivity index (χ0n) is 27.7. The molecule has 1 aliphatic carbocycles. The van der Waals surface area contributed by atoms with Crippen molar-refractivity contribution in [2.24, 2.45) is 0 Å². The molecule has 0 saturated carbocycles. The second-order valence-electron chi connectivity index (χ2n) is 11.6. The van der Waals surface area contributed by atoms with Gasteiger partial charge in [-0.3, -0.25) is 18.7 Å². The minimum atomic E-state index is -4.84. The third kappa shape index (κ3) is 6.97. The largest absolute Gasteiger partial charge is 0.478 e. The highest BCUT2D eigenvalue weighted by Crippen LogP contribution is 2.47. The molecule has 0 bridgehead atoms. The fourth-order valence-corrected chi connectivity index (χ4v) is 9.29. The summed E-state index contributed by atoms with van der Waals surface area (Å²) < 4.78 is 73.1. The first-order valence-electron chi connectivity index (χ1n) is 15.5. The Morgan fingerprint density at radius 1 is 0.714 bits per heavy atom. The molecular weight excluding hydrogens is 817 g/mol. The highest BCUT2D eigenvalue weighted by molar-refractivity contribution is 7.95. The number of ketones is 1. The van der Waals surface area contributed by atoms with Crippen LogP contribution in [0.1, 0.15) is 26.3 Å². The SMILES string of the molecule is O=C(O)c1ccc(Nc2ccc3c4c2C(=O)c2ccccc2-c4c(S(=O)(=O)c2cccc(SOOO)c2)c(=O)n3-c2ccc(S(=O)(=O)O)cc2)c(SOOO)c1. The number of nitrogens with zero attached hydrogens (tertiary/aromatic N) is 1. The first kappa shape index (κ1) is 38.8. The first-order valence-corrected chi connectivity index (χ1v) is 19.9. The van der Waals surface area contributed by atoms with Gasteiger partial charge < -0.3 is 10.4 Å². The van der Waals surface area contributed by atoms with Crippen LogP contribution in [-0.4, -0.2) is 53.3 Å². The molecule has 17 nitrogen and oxygen atoms in total. The Hall–Kier alpha value is -5.43. The Balaban J connectivity index is 1.59. The predicted octanol–water partition coefficient (Wildman–Crippen LogP) is 6.58. The summed E-state index contributed by atoms with van der Waals surface area (Å²) in [6.07, 6.45) is 0. The number of nitrogens with one attached hydrogen (secondary N) is 1. The van der Waals surface area contributed by atoms with E-state index in [1.54, 1.807) is 12.1 Å². The lowest BCUT2D eigenvalue weighted by Gasteiger charge is -2.27. The normalized spacial score (nSPS) is 12.4. The van der Waals surface area contributed by atoms with Crippen LogP contribution in [-0.2, 0) is 38.7 Å². The minimum Gasteiger partial charge on any atom is -0.478 e. The monoisotopic (exact) mass is 838 g/mol. The average Bonchev–Trinajstić information content (AvgIpc) is 3.18. The smallest absolute Gasteiger partial charge is 0.335 e. The van der Waals surface area contributed by atoms with Gasteiger partial charge in [0.1, 0.15) is 4.90 Å². The van der Waals surface area contributed by atoms with E-state index in [1.165, 1.54) is 72.8 Å². The molecule has 5 N–H and O–H groups in total. The number of rotatable bonds is 13. The van der Waals surface area contributed by atoms with Crippen LogP contribution in [0.3, 0.4) is 0 Å². The number of carbonyl (C=O) groups excluding carboxylic acids is 1. The second-order valence-corrected chi connectivity index (χ2v) is 16.5. The maximum Gasteiger partial charge on any atom is 0.335 e. The van der Waals surface area contributed by atoms with Gasteiger partial charge in [-0.2, -0.15) is 8.42 Å². The van der Waals surface area contributed by atoms with Gasteiger partial charge in [-0.15, -0.1) is 8.67 Å². The van der Waals surface area contributed by atoms with E-state index >= 15 is 0 Å². The van der Waals surface area contributed by atoms with Crippen LogP contribution in [0.4, 0.5) is 11.4 Å². The molecule has 1 aliphatic rings. The minimum absolute atomic E-state index is 0.00965. The molecule has 0 saturated heterocycles. The Morgan fingerprint density at radius 2 is 1.39 bits per heavy atom. The van der Waals surface area contributed by atoms with E-state index in [4.69, 9.17) is 10.5 Å². The van der Waals surface area contributed by atoms with Crippen LogP contribution in [0, 0.1) is 0 Å². The number of anilines is 2. The van der Waals surface area contributed by atoms with Gasteiger partial charge in [0.05, 0.1) is 66.8 Å². The summed E-state index contributed by atoms with van der Waals surface area (Å²) in [6, 6.07) is 22.3. The molecular formula is C35H22N2O15S4. The van der Waals surface area contributed by atoms with Crippen molar-refractivity contribution in [3.8, 4) is 16.8 Å². The summed E-state index contributed by atoms with van der Waals surface area (Å²) in [5, 5.41) is 37.4. The number of carboxylic acids is 1. The molecule has 21 heteroatoms. The summed E-state index contributed by atoms with van der Waals surface area (Å²) in [4.78, 5) is 39.8. The summed E-state index contributed by atoms with van der Waals surface area (Å²) in [6.45, 7) is 0. The number of sulfone groups is 1. The topological polar surface area (TPSA) is 254 Å².